The number of halogens is 2. The lowest BCUT2D eigenvalue weighted by atomic mass is 10.1. The van der Waals surface area contributed by atoms with Crippen LogP contribution in [0.25, 0.3) is 0 Å². The minimum absolute atomic E-state index is 0.458. The maximum atomic E-state index is 13.3. The first-order valence-electron chi connectivity index (χ1n) is 5.40. The molecule has 0 aliphatic carbocycles. The Balaban J connectivity index is 2.59. The summed E-state index contributed by atoms with van der Waals surface area (Å²) in [5.41, 5.74) is -1.75. The monoisotopic (exact) mass is 268 g/mol. The SMILES string of the molecule is CC(c1ccc(F)cc1)n1c(O)c(F)c(=O)[nH]c1=O. The van der Waals surface area contributed by atoms with Crippen LogP contribution in [0.3, 0.4) is 0 Å². The van der Waals surface area contributed by atoms with E-state index in [0.29, 0.717) is 10.1 Å². The molecule has 0 saturated heterocycles. The fourth-order valence-electron chi connectivity index (χ4n) is 1.77. The number of nitrogens with one attached hydrogen (secondary N) is 1. The van der Waals surface area contributed by atoms with Crippen molar-refractivity contribution < 1.29 is 13.9 Å². The number of H-pyrrole nitrogens is 1. The lowest BCUT2D eigenvalue weighted by Gasteiger charge is -2.16. The van der Waals surface area contributed by atoms with Crippen LogP contribution in [0.15, 0.2) is 33.9 Å². The Bertz CT molecular complexity index is 719. The van der Waals surface area contributed by atoms with Crippen LogP contribution in [0.2, 0.25) is 0 Å². The van der Waals surface area contributed by atoms with Gasteiger partial charge in [0.2, 0.25) is 11.7 Å². The second kappa shape index (κ2) is 4.68. The average molecular weight is 268 g/mol. The normalized spacial score (nSPS) is 12.4. The molecule has 0 fully saturated rings. The highest BCUT2D eigenvalue weighted by Crippen LogP contribution is 2.21. The quantitative estimate of drug-likeness (QED) is 0.857. The number of hydrogen-bond donors (Lipinski definition) is 2. The summed E-state index contributed by atoms with van der Waals surface area (Å²) in [4.78, 5) is 24.3. The molecule has 0 radical (unpaired) electrons. The van der Waals surface area contributed by atoms with E-state index in [-0.39, 0.29) is 0 Å². The summed E-state index contributed by atoms with van der Waals surface area (Å²) in [6.45, 7) is 1.51. The minimum Gasteiger partial charge on any atom is -0.492 e. The van der Waals surface area contributed by atoms with Crippen LogP contribution in [0, 0.1) is 11.6 Å². The van der Waals surface area contributed by atoms with E-state index in [0.717, 1.165) is 0 Å². The molecule has 0 saturated carbocycles. The molecule has 0 bridgehead atoms. The molecule has 7 heteroatoms. The molecule has 19 heavy (non-hydrogen) atoms. The van der Waals surface area contributed by atoms with Gasteiger partial charge in [-0.3, -0.25) is 14.3 Å². The van der Waals surface area contributed by atoms with Crippen molar-refractivity contribution in [2.45, 2.75) is 13.0 Å². The van der Waals surface area contributed by atoms with Gasteiger partial charge in [-0.15, -0.1) is 0 Å². The maximum absolute atomic E-state index is 13.3. The number of hydrogen-bond acceptors (Lipinski definition) is 3. The van der Waals surface area contributed by atoms with Crippen LogP contribution < -0.4 is 11.2 Å². The molecule has 0 spiro atoms. The van der Waals surface area contributed by atoms with Gasteiger partial charge < -0.3 is 5.11 Å². The molecule has 1 unspecified atom stereocenters. The Morgan fingerprint density at radius 1 is 1.21 bits per heavy atom. The van der Waals surface area contributed by atoms with Crippen LogP contribution in [0.1, 0.15) is 18.5 Å². The smallest absolute Gasteiger partial charge is 0.331 e. The molecule has 2 N–H and O–H groups in total. The number of aromatic hydroxyl groups is 1. The van der Waals surface area contributed by atoms with Crippen molar-refractivity contribution in [2.75, 3.05) is 0 Å². The summed E-state index contributed by atoms with van der Waals surface area (Å²) in [5, 5.41) is 9.54. The molecule has 1 heterocycles. The molecule has 2 rings (SSSR count). The third-order valence-corrected chi connectivity index (χ3v) is 2.80. The van der Waals surface area contributed by atoms with Crippen molar-refractivity contribution in [3.05, 3.63) is 62.3 Å². The highest BCUT2D eigenvalue weighted by molar-refractivity contribution is 5.23. The molecule has 1 aromatic carbocycles. The zero-order valence-electron chi connectivity index (χ0n) is 9.85. The van der Waals surface area contributed by atoms with Gasteiger partial charge in [0.05, 0.1) is 6.04 Å². The van der Waals surface area contributed by atoms with E-state index in [1.54, 1.807) is 4.98 Å². The number of rotatable bonds is 2. The second-order valence-corrected chi connectivity index (χ2v) is 3.99. The first kappa shape index (κ1) is 13.0. The van der Waals surface area contributed by atoms with Gasteiger partial charge in [0.25, 0.3) is 5.56 Å². The number of aromatic amines is 1. The summed E-state index contributed by atoms with van der Waals surface area (Å²) in [5.74, 6) is -2.95. The van der Waals surface area contributed by atoms with E-state index in [4.69, 9.17) is 0 Å². The Kier molecular flexibility index (Phi) is 3.20. The van der Waals surface area contributed by atoms with Gasteiger partial charge in [0, 0.05) is 0 Å². The molecule has 0 aliphatic heterocycles. The van der Waals surface area contributed by atoms with Crippen molar-refractivity contribution >= 4 is 0 Å². The first-order chi connectivity index (χ1) is 8.91. The molecule has 5 nitrogen and oxygen atoms in total. The van der Waals surface area contributed by atoms with Gasteiger partial charge in [-0.25, -0.2) is 9.18 Å². The van der Waals surface area contributed by atoms with Gasteiger partial charge in [-0.05, 0) is 24.6 Å². The molecule has 1 aromatic heterocycles. The predicted molar refractivity (Wildman–Crippen MR) is 63.2 cm³/mol. The van der Waals surface area contributed by atoms with E-state index in [2.05, 4.69) is 0 Å². The lowest BCUT2D eigenvalue weighted by Crippen LogP contribution is -2.33. The summed E-state index contributed by atoms with van der Waals surface area (Å²) in [7, 11) is 0. The third-order valence-electron chi connectivity index (χ3n) is 2.80. The molecule has 0 amide bonds. The highest BCUT2D eigenvalue weighted by Gasteiger charge is 2.19. The third kappa shape index (κ3) is 2.26. The number of benzene rings is 1. The minimum atomic E-state index is -1.44. The fraction of sp³-hybridized carbons (Fsp3) is 0.167. The zero-order valence-corrected chi connectivity index (χ0v) is 9.85. The van der Waals surface area contributed by atoms with Crippen LogP contribution in [0.4, 0.5) is 8.78 Å². The van der Waals surface area contributed by atoms with Gasteiger partial charge in [0.15, 0.2) is 0 Å². The van der Waals surface area contributed by atoms with E-state index in [9.17, 15) is 23.5 Å². The number of aromatic nitrogens is 2. The van der Waals surface area contributed by atoms with Crippen molar-refractivity contribution in [3.8, 4) is 5.88 Å². The largest absolute Gasteiger partial charge is 0.492 e. The molecule has 100 valence electrons. The molecular weight excluding hydrogens is 258 g/mol. The van der Waals surface area contributed by atoms with Crippen LogP contribution in [0.5, 0.6) is 5.88 Å². The summed E-state index contributed by atoms with van der Waals surface area (Å²) < 4.78 is 26.8. The van der Waals surface area contributed by atoms with E-state index >= 15 is 0 Å². The van der Waals surface area contributed by atoms with E-state index in [1.807, 2.05) is 0 Å². The number of nitrogens with zero attached hydrogens (tertiary/aromatic N) is 1. The molecule has 2 aromatic rings. The van der Waals surface area contributed by atoms with Crippen molar-refractivity contribution in [1.82, 2.24) is 9.55 Å². The van der Waals surface area contributed by atoms with Crippen molar-refractivity contribution in [2.24, 2.45) is 0 Å². The molecule has 0 aliphatic rings. The van der Waals surface area contributed by atoms with Crippen LogP contribution in [-0.2, 0) is 0 Å². The fourth-order valence-corrected chi connectivity index (χ4v) is 1.77. The van der Waals surface area contributed by atoms with Gasteiger partial charge >= 0.3 is 5.69 Å². The second-order valence-electron chi connectivity index (χ2n) is 3.99. The topological polar surface area (TPSA) is 75.1 Å². The van der Waals surface area contributed by atoms with Gasteiger partial charge in [0.1, 0.15) is 5.82 Å². The van der Waals surface area contributed by atoms with Crippen LogP contribution in [-0.4, -0.2) is 14.7 Å². The molecule has 1 atom stereocenters. The summed E-state index contributed by atoms with van der Waals surface area (Å²) >= 11 is 0. The Morgan fingerprint density at radius 2 is 1.79 bits per heavy atom. The molecular formula is C12H10F2N2O3. The Labute approximate surface area is 105 Å². The highest BCUT2D eigenvalue weighted by atomic mass is 19.1. The van der Waals surface area contributed by atoms with Gasteiger partial charge in [-0.1, -0.05) is 12.1 Å². The zero-order chi connectivity index (χ0) is 14.2. The van der Waals surface area contributed by atoms with E-state index < -0.39 is 34.8 Å². The maximum Gasteiger partial charge on any atom is 0.331 e. The summed E-state index contributed by atoms with van der Waals surface area (Å²) in [6, 6.07) is 4.38. The summed E-state index contributed by atoms with van der Waals surface area (Å²) in [6.07, 6.45) is 0. The average Bonchev–Trinajstić information content (AvgIpc) is 2.37. The lowest BCUT2D eigenvalue weighted by molar-refractivity contribution is 0.351. The van der Waals surface area contributed by atoms with Crippen molar-refractivity contribution in [1.29, 1.82) is 0 Å². The first-order valence-corrected chi connectivity index (χ1v) is 5.40. The van der Waals surface area contributed by atoms with E-state index in [1.165, 1.54) is 31.2 Å². The Morgan fingerprint density at radius 3 is 2.37 bits per heavy atom. The van der Waals surface area contributed by atoms with Crippen LogP contribution >= 0.6 is 0 Å². The predicted octanol–water partition coefficient (Wildman–Crippen LogP) is 1.13. The van der Waals surface area contributed by atoms with Crippen molar-refractivity contribution in [3.63, 3.8) is 0 Å². The Hall–Kier alpha value is -2.44. The van der Waals surface area contributed by atoms with Gasteiger partial charge in [-0.2, -0.15) is 4.39 Å². The standard InChI is InChI=1S/C12H10F2N2O3/c1-6(7-2-4-8(13)5-3-7)16-11(18)9(14)10(17)15-12(16)19/h2-6,18H,1H3,(H,15,17,19).